The molecule has 0 amide bonds. The topological polar surface area (TPSA) is 61.9 Å². The first-order chi connectivity index (χ1) is 13.9. The third-order valence-electron chi connectivity index (χ3n) is 5.71. The first kappa shape index (κ1) is 20.4. The second kappa shape index (κ2) is 8.49. The largest absolute Gasteiger partial charge is 0.378 e. The molecule has 4 rings (SSSR count). The Morgan fingerprint density at radius 2 is 1.52 bits per heavy atom. The lowest BCUT2D eigenvalue weighted by molar-refractivity contribution is 0.0930. The Balaban J connectivity index is 1.46. The van der Waals surface area contributed by atoms with Crippen LogP contribution < -0.4 is 4.72 Å². The Kier molecular flexibility index (Phi) is 5.98. The van der Waals surface area contributed by atoms with Crippen LogP contribution in [0.15, 0.2) is 53.4 Å². The fourth-order valence-corrected chi connectivity index (χ4v) is 5.16. The minimum Gasteiger partial charge on any atom is -0.378 e. The molecular formula is C21H26FN3O3S. The summed E-state index contributed by atoms with van der Waals surface area (Å²) in [7, 11) is -1.56. The van der Waals surface area contributed by atoms with Gasteiger partial charge in [0.1, 0.15) is 5.82 Å². The summed E-state index contributed by atoms with van der Waals surface area (Å²) in [6.07, 6.45) is 0. The minimum absolute atomic E-state index is 0.0527. The van der Waals surface area contributed by atoms with Crippen LogP contribution in [0.2, 0.25) is 0 Å². The summed E-state index contributed by atoms with van der Waals surface area (Å²) in [6, 6.07) is 12.6. The van der Waals surface area contributed by atoms with Crippen molar-refractivity contribution in [3.05, 3.63) is 54.3 Å². The number of benzene rings is 2. The number of hydrogen-bond donors (Lipinski definition) is 1. The van der Waals surface area contributed by atoms with Gasteiger partial charge in [-0.3, -0.25) is 4.90 Å². The fourth-order valence-electron chi connectivity index (χ4n) is 3.91. The smallest absolute Gasteiger partial charge is 0.240 e. The Labute approximate surface area is 171 Å². The van der Waals surface area contributed by atoms with E-state index in [0.29, 0.717) is 13.2 Å². The number of rotatable bonds is 5. The van der Waals surface area contributed by atoms with Crippen LogP contribution in [0.25, 0.3) is 11.1 Å². The minimum atomic E-state index is -3.66. The van der Waals surface area contributed by atoms with Gasteiger partial charge < -0.3 is 9.64 Å². The molecule has 2 aromatic rings. The van der Waals surface area contributed by atoms with Crippen molar-refractivity contribution in [3.63, 3.8) is 0 Å². The maximum atomic E-state index is 13.1. The molecule has 2 aliphatic rings. The van der Waals surface area contributed by atoms with Gasteiger partial charge in [0.25, 0.3) is 0 Å². The summed E-state index contributed by atoms with van der Waals surface area (Å²) in [5.74, 6) is -0.300. The van der Waals surface area contributed by atoms with Crippen LogP contribution >= 0.6 is 0 Å². The number of nitrogens with one attached hydrogen (secondary N) is 1. The zero-order valence-corrected chi connectivity index (χ0v) is 17.2. The fraction of sp³-hybridized carbons (Fsp3) is 0.429. The third kappa shape index (κ3) is 4.67. The van der Waals surface area contributed by atoms with Gasteiger partial charge in [-0.2, -0.15) is 0 Å². The van der Waals surface area contributed by atoms with Crippen LogP contribution in [0, 0.1) is 5.82 Å². The molecule has 156 valence electrons. The monoisotopic (exact) mass is 419 g/mol. The van der Waals surface area contributed by atoms with E-state index in [4.69, 9.17) is 4.74 Å². The third-order valence-corrected chi connectivity index (χ3v) is 7.21. The van der Waals surface area contributed by atoms with Crippen LogP contribution in [0.4, 0.5) is 4.39 Å². The number of halogens is 1. The molecule has 29 heavy (non-hydrogen) atoms. The van der Waals surface area contributed by atoms with E-state index >= 15 is 0 Å². The van der Waals surface area contributed by atoms with Crippen molar-refractivity contribution in [3.8, 4) is 11.1 Å². The Bertz CT molecular complexity index is 927. The lowest BCUT2D eigenvalue weighted by Gasteiger charge is -2.37. The van der Waals surface area contributed by atoms with Crippen LogP contribution in [0.3, 0.4) is 0 Å². The van der Waals surface area contributed by atoms with Crippen molar-refractivity contribution in [2.45, 2.75) is 17.0 Å². The van der Waals surface area contributed by atoms with Gasteiger partial charge >= 0.3 is 0 Å². The molecule has 0 unspecified atom stereocenters. The lowest BCUT2D eigenvalue weighted by atomic mass is 10.1. The number of ether oxygens (including phenoxy) is 1. The van der Waals surface area contributed by atoms with Crippen LogP contribution in [-0.2, 0) is 14.8 Å². The van der Waals surface area contributed by atoms with Crippen molar-refractivity contribution in [1.29, 1.82) is 0 Å². The van der Waals surface area contributed by atoms with Crippen LogP contribution in [-0.4, -0.2) is 76.7 Å². The second-order valence-corrected chi connectivity index (χ2v) is 9.42. The van der Waals surface area contributed by atoms with Gasteiger partial charge in [0.15, 0.2) is 0 Å². The highest BCUT2D eigenvalue weighted by molar-refractivity contribution is 7.89. The quantitative estimate of drug-likeness (QED) is 0.801. The molecule has 6 nitrogen and oxygen atoms in total. The van der Waals surface area contributed by atoms with Gasteiger partial charge in [-0.05, 0) is 42.4 Å². The summed E-state index contributed by atoms with van der Waals surface area (Å²) >= 11 is 0. The summed E-state index contributed by atoms with van der Waals surface area (Å²) in [5.41, 5.74) is 1.67. The van der Waals surface area contributed by atoms with Crippen molar-refractivity contribution in [2.75, 3.05) is 46.4 Å². The molecule has 1 N–H and O–H groups in total. The molecule has 2 atom stereocenters. The lowest BCUT2D eigenvalue weighted by Crippen LogP contribution is -2.56. The molecule has 0 spiro atoms. The summed E-state index contributed by atoms with van der Waals surface area (Å²) < 4.78 is 47.4. The molecule has 0 aliphatic carbocycles. The molecule has 2 fully saturated rings. The maximum absolute atomic E-state index is 13.1. The highest BCUT2D eigenvalue weighted by Crippen LogP contribution is 2.23. The summed E-state index contributed by atoms with van der Waals surface area (Å²) in [6.45, 7) is 4.69. The number of piperazine rings is 1. The second-order valence-electron chi connectivity index (χ2n) is 7.70. The average Bonchev–Trinajstić information content (AvgIpc) is 3.17. The Morgan fingerprint density at radius 3 is 2.14 bits per heavy atom. The van der Waals surface area contributed by atoms with E-state index in [9.17, 15) is 12.8 Å². The highest BCUT2D eigenvalue weighted by atomic mass is 32.2. The molecule has 0 saturated carbocycles. The molecule has 2 heterocycles. The Morgan fingerprint density at radius 1 is 0.931 bits per heavy atom. The molecule has 0 bridgehead atoms. The van der Waals surface area contributed by atoms with Crippen molar-refractivity contribution in [2.24, 2.45) is 0 Å². The first-order valence-electron chi connectivity index (χ1n) is 9.81. The summed E-state index contributed by atoms with van der Waals surface area (Å²) in [5, 5.41) is 0. The zero-order chi connectivity index (χ0) is 20.4. The number of likely N-dealkylation sites (N-methyl/N-ethyl adjacent to an activating group) is 1. The van der Waals surface area contributed by atoms with Gasteiger partial charge in [-0.25, -0.2) is 17.5 Å². The van der Waals surface area contributed by atoms with Crippen molar-refractivity contribution >= 4 is 10.0 Å². The van der Waals surface area contributed by atoms with Gasteiger partial charge in [0.2, 0.25) is 10.0 Å². The van der Waals surface area contributed by atoms with Crippen LogP contribution in [0.1, 0.15) is 0 Å². The van der Waals surface area contributed by atoms with E-state index in [0.717, 1.165) is 37.3 Å². The van der Waals surface area contributed by atoms with Crippen LogP contribution in [0.5, 0.6) is 0 Å². The van der Waals surface area contributed by atoms with E-state index in [1.807, 2.05) is 0 Å². The number of nitrogens with zero attached hydrogens (tertiary/aromatic N) is 2. The number of hydrogen-bond acceptors (Lipinski definition) is 5. The molecule has 2 aliphatic heterocycles. The highest BCUT2D eigenvalue weighted by Gasteiger charge is 2.36. The SMILES string of the molecule is CN1CCN([C@H]2COC[C@@H]2NS(=O)(=O)c2ccc(-c3ccc(F)cc3)cc2)CC1. The molecule has 2 saturated heterocycles. The molecule has 2 aromatic carbocycles. The Hall–Kier alpha value is -1.84. The molecule has 8 heteroatoms. The zero-order valence-electron chi connectivity index (χ0n) is 16.4. The molecular weight excluding hydrogens is 393 g/mol. The predicted octanol–water partition coefficient (Wildman–Crippen LogP) is 1.79. The van der Waals surface area contributed by atoms with Crippen molar-refractivity contribution in [1.82, 2.24) is 14.5 Å². The molecule has 0 radical (unpaired) electrons. The van der Waals surface area contributed by atoms with E-state index in [1.165, 1.54) is 12.1 Å². The van der Waals surface area contributed by atoms with E-state index in [2.05, 4.69) is 21.6 Å². The normalized spacial score (nSPS) is 24.1. The number of sulfonamides is 1. The summed E-state index contributed by atoms with van der Waals surface area (Å²) in [4.78, 5) is 4.80. The van der Waals surface area contributed by atoms with Gasteiger partial charge in [-0.15, -0.1) is 0 Å². The van der Waals surface area contributed by atoms with Gasteiger partial charge in [0, 0.05) is 26.2 Å². The van der Waals surface area contributed by atoms with E-state index < -0.39 is 10.0 Å². The average molecular weight is 420 g/mol. The van der Waals surface area contributed by atoms with Gasteiger partial charge in [-0.1, -0.05) is 24.3 Å². The molecule has 0 aromatic heterocycles. The predicted molar refractivity (Wildman–Crippen MR) is 110 cm³/mol. The van der Waals surface area contributed by atoms with E-state index in [-0.39, 0.29) is 22.8 Å². The van der Waals surface area contributed by atoms with Gasteiger partial charge in [0.05, 0.1) is 30.2 Å². The first-order valence-corrected chi connectivity index (χ1v) is 11.3. The maximum Gasteiger partial charge on any atom is 0.240 e. The standard InChI is InChI=1S/C21H26FN3O3S/c1-24-10-12-25(13-11-24)21-15-28-14-20(21)23-29(26,27)19-8-4-17(5-9-19)16-2-6-18(22)7-3-16/h2-9,20-21,23H,10-15H2,1H3/t20-,21-/m0/s1. The van der Waals surface area contributed by atoms with E-state index in [1.54, 1.807) is 36.4 Å². The van der Waals surface area contributed by atoms with Crippen molar-refractivity contribution < 1.29 is 17.5 Å².